The average molecular weight is 456 g/mol. The standard InChI is InChI=1S/C12H5F13N2O2/c13-7(14,6(28)27-26-4-5-2-1-3-29-5)8(15,16)9(17,18)10(19,20)11(21,22)12(23,24)25/h1-4H,(H,27,28). The fourth-order valence-electron chi connectivity index (χ4n) is 1.50. The molecule has 1 N–H and O–H groups in total. The van der Waals surface area contributed by atoms with Crippen LogP contribution in [0, 0.1) is 0 Å². The van der Waals surface area contributed by atoms with Crippen molar-refractivity contribution in [2.75, 3.05) is 0 Å². The van der Waals surface area contributed by atoms with Crippen molar-refractivity contribution in [2.45, 2.75) is 35.8 Å². The van der Waals surface area contributed by atoms with Gasteiger partial charge in [0.25, 0.3) is 0 Å². The molecule has 0 aliphatic heterocycles. The molecule has 0 atom stereocenters. The van der Waals surface area contributed by atoms with Crippen LogP contribution < -0.4 is 5.43 Å². The van der Waals surface area contributed by atoms with Crippen molar-refractivity contribution in [3.05, 3.63) is 24.2 Å². The number of amides is 1. The molecule has 0 spiro atoms. The van der Waals surface area contributed by atoms with Gasteiger partial charge in [0.2, 0.25) is 0 Å². The summed E-state index contributed by atoms with van der Waals surface area (Å²) in [7, 11) is 0. The van der Waals surface area contributed by atoms with E-state index in [1.807, 2.05) is 0 Å². The summed E-state index contributed by atoms with van der Waals surface area (Å²) in [5, 5.41) is 2.53. The molecule has 0 saturated heterocycles. The molecule has 17 heteroatoms. The number of nitrogens with zero attached hydrogens (tertiary/aromatic N) is 1. The van der Waals surface area contributed by atoms with E-state index in [1.54, 1.807) is 0 Å². The summed E-state index contributed by atoms with van der Waals surface area (Å²) in [6, 6.07) is 2.23. The van der Waals surface area contributed by atoms with Crippen LogP contribution in [0.4, 0.5) is 57.1 Å². The molecule has 0 unspecified atom stereocenters. The van der Waals surface area contributed by atoms with Crippen LogP contribution in [-0.2, 0) is 4.79 Å². The molecule has 0 aromatic carbocycles. The van der Waals surface area contributed by atoms with Crippen molar-refractivity contribution < 1.29 is 66.3 Å². The lowest BCUT2D eigenvalue weighted by molar-refractivity contribution is -0.436. The van der Waals surface area contributed by atoms with E-state index in [9.17, 15) is 61.9 Å². The zero-order valence-corrected chi connectivity index (χ0v) is 13.0. The summed E-state index contributed by atoms with van der Waals surface area (Å²) in [5.41, 5.74) is 0.512. The highest BCUT2D eigenvalue weighted by atomic mass is 19.4. The molecule has 1 rings (SSSR count). The van der Waals surface area contributed by atoms with E-state index in [0.29, 0.717) is 11.6 Å². The summed E-state index contributed by atoms with van der Waals surface area (Å²) in [5.74, 6) is -42.5. The van der Waals surface area contributed by atoms with E-state index in [-0.39, 0.29) is 5.76 Å². The molecule has 1 amide bonds. The zero-order chi connectivity index (χ0) is 23.1. The molecule has 4 nitrogen and oxygen atoms in total. The number of rotatable bonds is 7. The lowest BCUT2D eigenvalue weighted by atomic mass is 9.93. The van der Waals surface area contributed by atoms with E-state index >= 15 is 0 Å². The number of hydrazone groups is 1. The number of carbonyl (C=O) groups excluding carboxylic acids is 1. The SMILES string of the molecule is O=C(NN=Cc1ccco1)C(F)(F)C(F)(F)C(F)(F)C(F)(F)C(F)(F)C(F)(F)F. The van der Waals surface area contributed by atoms with Crippen molar-refractivity contribution in [3.8, 4) is 0 Å². The smallest absolute Gasteiger partial charge is 0.460 e. The topological polar surface area (TPSA) is 54.6 Å². The van der Waals surface area contributed by atoms with Crippen molar-refractivity contribution in [1.82, 2.24) is 5.43 Å². The number of furan rings is 1. The lowest BCUT2D eigenvalue weighted by Crippen LogP contribution is -2.71. The Bertz CT molecular complexity index is 752. The molecule has 0 radical (unpaired) electrons. The van der Waals surface area contributed by atoms with Crippen LogP contribution in [0.25, 0.3) is 0 Å². The molecule has 1 aromatic heterocycles. The van der Waals surface area contributed by atoms with Crippen molar-refractivity contribution in [1.29, 1.82) is 0 Å². The van der Waals surface area contributed by atoms with E-state index in [0.717, 1.165) is 12.3 Å². The average Bonchev–Trinajstić information content (AvgIpc) is 3.06. The third-order valence-electron chi connectivity index (χ3n) is 3.12. The Labute approximate surface area is 150 Å². The van der Waals surface area contributed by atoms with Crippen molar-refractivity contribution in [3.63, 3.8) is 0 Å². The molecule has 29 heavy (non-hydrogen) atoms. The molecule has 0 bridgehead atoms. The van der Waals surface area contributed by atoms with Gasteiger partial charge in [0.1, 0.15) is 5.76 Å². The van der Waals surface area contributed by atoms with Crippen LogP contribution in [0.3, 0.4) is 0 Å². The first-order chi connectivity index (χ1) is 12.7. The van der Waals surface area contributed by atoms with Gasteiger partial charge in [-0.3, -0.25) is 4.79 Å². The van der Waals surface area contributed by atoms with Crippen LogP contribution in [0.2, 0.25) is 0 Å². The Morgan fingerprint density at radius 2 is 1.31 bits per heavy atom. The number of hydrogen-bond acceptors (Lipinski definition) is 3. The maximum atomic E-state index is 13.4. The molecular formula is C12H5F13N2O2. The fourth-order valence-corrected chi connectivity index (χ4v) is 1.50. The largest absolute Gasteiger partial charge is 0.463 e. The normalized spacial score (nSPS) is 15.1. The first-order valence-corrected chi connectivity index (χ1v) is 6.58. The Balaban J connectivity index is 3.25. The van der Waals surface area contributed by atoms with Gasteiger partial charge in [-0.25, -0.2) is 5.43 Å². The monoisotopic (exact) mass is 456 g/mol. The van der Waals surface area contributed by atoms with Crippen LogP contribution >= 0.6 is 0 Å². The maximum absolute atomic E-state index is 13.4. The van der Waals surface area contributed by atoms with Crippen LogP contribution in [-0.4, -0.2) is 47.9 Å². The van der Waals surface area contributed by atoms with E-state index in [4.69, 9.17) is 0 Å². The number of nitrogens with one attached hydrogen (secondary N) is 1. The molecule has 0 aliphatic rings. The quantitative estimate of drug-likeness (QED) is 0.374. The summed E-state index contributed by atoms with van der Waals surface area (Å²) >= 11 is 0. The third kappa shape index (κ3) is 3.73. The van der Waals surface area contributed by atoms with Crippen LogP contribution in [0.15, 0.2) is 27.9 Å². The predicted molar refractivity (Wildman–Crippen MR) is 65.2 cm³/mol. The van der Waals surface area contributed by atoms with Gasteiger partial charge >= 0.3 is 41.7 Å². The molecule has 0 aliphatic carbocycles. The number of halogens is 13. The molecule has 0 fully saturated rings. The highest BCUT2D eigenvalue weighted by molar-refractivity contribution is 5.86. The minimum Gasteiger partial charge on any atom is -0.463 e. The zero-order valence-electron chi connectivity index (χ0n) is 13.0. The second kappa shape index (κ2) is 7.08. The molecule has 166 valence electrons. The minimum absolute atomic E-state index is 0.318. The van der Waals surface area contributed by atoms with Gasteiger partial charge in [0, 0.05) is 0 Å². The summed E-state index contributed by atoms with van der Waals surface area (Å²) in [4.78, 5) is 11.0. The van der Waals surface area contributed by atoms with Gasteiger partial charge in [-0.2, -0.15) is 62.2 Å². The second-order valence-electron chi connectivity index (χ2n) is 5.08. The fraction of sp³-hybridized carbons (Fsp3) is 0.500. The van der Waals surface area contributed by atoms with E-state index in [1.165, 1.54) is 6.07 Å². The first kappa shape index (κ1) is 24.5. The van der Waals surface area contributed by atoms with E-state index < -0.39 is 41.7 Å². The van der Waals surface area contributed by atoms with E-state index in [2.05, 4.69) is 9.52 Å². The van der Waals surface area contributed by atoms with Crippen molar-refractivity contribution in [2.24, 2.45) is 5.10 Å². The van der Waals surface area contributed by atoms with Crippen LogP contribution in [0.5, 0.6) is 0 Å². The molecule has 1 aromatic rings. The summed E-state index contributed by atoms with van der Waals surface area (Å²) in [6.07, 6.45) is -6.22. The molecular weight excluding hydrogens is 451 g/mol. The highest BCUT2D eigenvalue weighted by Crippen LogP contribution is 2.60. The lowest BCUT2D eigenvalue weighted by Gasteiger charge is -2.38. The number of carbonyl (C=O) groups is 1. The van der Waals surface area contributed by atoms with Crippen LogP contribution in [0.1, 0.15) is 5.76 Å². The Morgan fingerprint density at radius 3 is 1.72 bits per heavy atom. The first-order valence-electron chi connectivity index (χ1n) is 6.58. The van der Waals surface area contributed by atoms with Gasteiger partial charge in [-0.15, -0.1) is 0 Å². The summed E-state index contributed by atoms with van der Waals surface area (Å²) in [6.45, 7) is 0. The molecule has 1 heterocycles. The predicted octanol–water partition coefficient (Wildman–Crippen LogP) is 4.47. The third-order valence-corrected chi connectivity index (χ3v) is 3.12. The Hall–Kier alpha value is -2.49. The summed E-state index contributed by atoms with van der Waals surface area (Å²) < 4.78 is 171. The Kier molecular flexibility index (Phi) is 6.00. The van der Waals surface area contributed by atoms with Gasteiger partial charge < -0.3 is 4.42 Å². The van der Waals surface area contributed by atoms with Gasteiger partial charge in [-0.1, -0.05) is 0 Å². The number of alkyl halides is 13. The number of hydrogen-bond donors (Lipinski definition) is 1. The van der Waals surface area contributed by atoms with Gasteiger partial charge in [0.05, 0.1) is 12.5 Å². The second-order valence-corrected chi connectivity index (χ2v) is 5.08. The maximum Gasteiger partial charge on any atom is 0.460 e. The van der Waals surface area contributed by atoms with Crippen molar-refractivity contribution >= 4 is 12.1 Å². The minimum atomic E-state index is -8.08. The highest BCUT2D eigenvalue weighted by Gasteiger charge is 2.91. The van der Waals surface area contributed by atoms with Gasteiger partial charge in [-0.05, 0) is 12.1 Å². The Morgan fingerprint density at radius 1 is 0.828 bits per heavy atom. The van der Waals surface area contributed by atoms with Gasteiger partial charge in [0.15, 0.2) is 0 Å². The molecule has 0 saturated carbocycles.